The van der Waals surface area contributed by atoms with Crippen molar-refractivity contribution in [2.75, 3.05) is 26.3 Å². The fourth-order valence-corrected chi connectivity index (χ4v) is 3.93. The number of hydrogen-bond acceptors (Lipinski definition) is 5. The van der Waals surface area contributed by atoms with Crippen LogP contribution in [-0.2, 0) is 16.0 Å². The van der Waals surface area contributed by atoms with Crippen molar-refractivity contribution in [2.45, 2.75) is 57.5 Å². The van der Waals surface area contributed by atoms with E-state index in [0.717, 1.165) is 49.9 Å². The molecule has 1 atom stereocenters. The molecule has 6 heteroatoms. The maximum Gasteiger partial charge on any atom is 0.225 e. The molecular weight excluding hydrogens is 318 g/mol. The van der Waals surface area contributed by atoms with Crippen LogP contribution in [0.2, 0.25) is 0 Å². The number of nitrogens with zero attached hydrogens (tertiary/aromatic N) is 3. The molecule has 6 nitrogen and oxygen atoms in total. The van der Waals surface area contributed by atoms with E-state index >= 15 is 0 Å². The number of carbonyl (C=O) groups is 1. The van der Waals surface area contributed by atoms with Gasteiger partial charge in [-0.05, 0) is 32.3 Å². The first kappa shape index (κ1) is 18.3. The van der Waals surface area contributed by atoms with E-state index < -0.39 is 5.60 Å². The predicted octanol–water partition coefficient (Wildman–Crippen LogP) is 1.89. The molecule has 138 valence electrons. The number of ether oxygens (including phenoxy) is 1. The van der Waals surface area contributed by atoms with Gasteiger partial charge >= 0.3 is 0 Å². The maximum atomic E-state index is 12.8. The lowest BCUT2D eigenvalue weighted by Crippen LogP contribution is -2.42. The Hall–Kier alpha value is -1.53. The van der Waals surface area contributed by atoms with Crippen LogP contribution in [0.4, 0.5) is 0 Å². The Morgan fingerprint density at radius 1 is 1.36 bits per heavy atom. The van der Waals surface area contributed by atoms with Crippen LogP contribution in [0, 0.1) is 12.8 Å². The van der Waals surface area contributed by atoms with Crippen LogP contribution >= 0.6 is 0 Å². The van der Waals surface area contributed by atoms with Crippen LogP contribution in [0.1, 0.15) is 49.9 Å². The molecule has 0 aromatic carbocycles. The Balaban J connectivity index is 1.60. The average Bonchev–Trinajstić information content (AvgIpc) is 2.81. The van der Waals surface area contributed by atoms with E-state index in [1.165, 1.54) is 0 Å². The zero-order chi connectivity index (χ0) is 17.7. The summed E-state index contributed by atoms with van der Waals surface area (Å²) in [6.45, 7) is 4.42. The Morgan fingerprint density at radius 3 is 2.92 bits per heavy atom. The molecule has 1 aliphatic heterocycles. The van der Waals surface area contributed by atoms with Gasteiger partial charge in [-0.25, -0.2) is 9.97 Å². The molecule has 1 aromatic heterocycles. The fourth-order valence-electron chi connectivity index (χ4n) is 3.93. The number of aryl methyl sites for hydroxylation is 1. The van der Waals surface area contributed by atoms with E-state index in [-0.39, 0.29) is 18.2 Å². The zero-order valence-corrected chi connectivity index (χ0v) is 15.1. The lowest BCUT2D eigenvalue weighted by Gasteiger charge is -2.34. The van der Waals surface area contributed by atoms with Crippen LogP contribution in [0.5, 0.6) is 0 Å². The number of aromatic nitrogens is 2. The Labute approximate surface area is 149 Å². The van der Waals surface area contributed by atoms with E-state index in [9.17, 15) is 9.90 Å². The van der Waals surface area contributed by atoms with E-state index in [4.69, 9.17) is 4.74 Å². The van der Waals surface area contributed by atoms with Gasteiger partial charge in [-0.15, -0.1) is 0 Å². The Morgan fingerprint density at radius 2 is 2.16 bits per heavy atom. The Kier molecular flexibility index (Phi) is 6.02. The Bertz CT molecular complexity index is 587. The minimum absolute atomic E-state index is 0.0544. The van der Waals surface area contributed by atoms with Crippen LogP contribution in [0.3, 0.4) is 0 Å². The third-order valence-electron chi connectivity index (χ3n) is 5.31. The minimum atomic E-state index is -0.804. The minimum Gasteiger partial charge on any atom is -0.389 e. The second-order valence-corrected chi connectivity index (χ2v) is 7.60. The molecule has 2 fully saturated rings. The van der Waals surface area contributed by atoms with Crippen molar-refractivity contribution >= 4 is 5.91 Å². The summed E-state index contributed by atoms with van der Waals surface area (Å²) in [6.07, 6.45) is 7.28. The molecule has 1 aromatic rings. The SMILES string of the molecule is Cc1cc(C[C@@H]2COCCN(C(=O)CC3(O)CCCCC3)C2)ncn1. The second kappa shape index (κ2) is 8.23. The molecule has 25 heavy (non-hydrogen) atoms. The van der Waals surface area contributed by atoms with Gasteiger partial charge in [-0.3, -0.25) is 4.79 Å². The van der Waals surface area contributed by atoms with Gasteiger partial charge in [0.1, 0.15) is 6.33 Å². The number of rotatable bonds is 4. The van der Waals surface area contributed by atoms with Crippen molar-refractivity contribution < 1.29 is 14.6 Å². The zero-order valence-electron chi connectivity index (χ0n) is 15.1. The summed E-state index contributed by atoms with van der Waals surface area (Å²) in [5.74, 6) is 0.278. The summed E-state index contributed by atoms with van der Waals surface area (Å²) in [7, 11) is 0. The molecule has 1 amide bonds. The fraction of sp³-hybridized carbons (Fsp3) is 0.737. The first-order valence-electron chi connectivity index (χ1n) is 9.39. The highest BCUT2D eigenvalue weighted by atomic mass is 16.5. The molecule has 0 spiro atoms. The molecule has 0 unspecified atom stereocenters. The molecule has 2 heterocycles. The van der Waals surface area contributed by atoms with Crippen LogP contribution in [0.15, 0.2) is 12.4 Å². The van der Waals surface area contributed by atoms with E-state index in [1.54, 1.807) is 6.33 Å². The van der Waals surface area contributed by atoms with Crippen molar-refractivity contribution in [3.63, 3.8) is 0 Å². The van der Waals surface area contributed by atoms with Gasteiger partial charge in [0.2, 0.25) is 5.91 Å². The molecule has 1 saturated carbocycles. The number of aliphatic hydroxyl groups is 1. The molecular formula is C19H29N3O3. The number of amides is 1. The molecule has 2 aliphatic rings. The van der Waals surface area contributed by atoms with Crippen LogP contribution in [-0.4, -0.2) is 57.8 Å². The third kappa shape index (κ3) is 5.22. The largest absolute Gasteiger partial charge is 0.389 e. The topological polar surface area (TPSA) is 75.5 Å². The van der Waals surface area contributed by atoms with Gasteiger partial charge < -0.3 is 14.7 Å². The standard InChI is InChI=1S/C19H29N3O3/c1-15-9-17(21-14-20-15)10-16-12-22(7-8-25-13-16)18(23)11-19(24)5-3-2-4-6-19/h9,14,16,24H,2-8,10-13H2,1H3/t16-/m0/s1. The van der Waals surface area contributed by atoms with Gasteiger partial charge in [-0.1, -0.05) is 19.3 Å². The molecule has 0 radical (unpaired) electrons. The summed E-state index contributed by atoms with van der Waals surface area (Å²) in [6, 6.07) is 1.99. The van der Waals surface area contributed by atoms with Crippen molar-refractivity contribution in [2.24, 2.45) is 5.92 Å². The van der Waals surface area contributed by atoms with Gasteiger partial charge in [0, 0.05) is 30.4 Å². The van der Waals surface area contributed by atoms with Crippen molar-refractivity contribution in [3.05, 3.63) is 23.8 Å². The molecule has 1 saturated heterocycles. The first-order valence-corrected chi connectivity index (χ1v) is 9.39. The van der Waals surface area contributed by atoms with E-state index in [1.807, 2.05) is 17.9 Å². The monoisotopic (exact) mass is 347 g/mol. The highest BCUT2D eigenvalue weighted by Gasteiger charge is 2.34. The average molecular weight is 347 g/mol. The predicted molar refractivity (Wildman–Crippen MR) is 94.0 cm³/mol. The second-order valence-electron chi connectivity index (χ2n) is 7.60. The molecule has 1 N–H and O–H groups in total. The van der Waals surface area contributed by atoms with E-state index in [0.29, 0.717) is 26.3 Å². The lowest BCUT2D eigenvalue weighted by molar-refractivity contribution is -0.138. The first-order chi connectivity index (χ1) is 12.0. The quantitative estimate of drug-likeness (QED) is 0.900. The summed E-state index contributed by atoms with van der Waals surface area (Å²) >= 11 is 0. The lowest BCUT2D eigenvalue weighted by atomic mass is 9.82. The van der Waals surface area contributed by atoms with Crippen molar-refractivity contribution in [1.29, 1.82) is 0 Å². The van der Waals surface area contributed by atoms with Crippen LogP contribution < -0.4 is 0 Å². The maximum absolute atomic E-state index is 12.8. The molecule has 1 aliphatic carbocycles. The summed E-state index contributed by atoms with van der Waals surface area (Å²) in [5.41, 5.74) is 1.13. The van der Waals surface area contributed by atoms with Crippen molar-refractivity contribution in [3.8, 4) is 0 Å². The highest BCUT2D eigenvalue weighted by Crippen LogP contribution is 2.31. The van der Waals surface area contributed by atoms with Gasteiger partial charge in [-0.2, -0.15) is 0 Å². The number of hydrogen-bond donors (Lipinski definition) is 1. The molecule has 0 bridgehead atoms. The summed E-state index contributed by atoms with van der Waals surface area (Å²) in [4.78, 5) is 23.1. The summed E-state index contributed by atoms with van der Waals surface area (Å²) in [5, 5.41) is 10.7. The summed E-state index contributed by atoms with van der Waals surface area (Å²) < 4.78 is 5.71. The number of carbonyl (C=O) groups excluding carboxylic acids is 1. The van der Waals surface area contributed by atoms with Crippen molar-refractivity contribution in [1.82, 2.24) is 14.9 Å². The van der Waals surface area contributed by atoms with Gasteiger partial charge in [0.15, 0.2) is 0 Å². The highest BCUT2D eigenvalue weighted by molar-refractivity contribution is 5.77. The molecule has 3 rings (SSSR count). The van der Waals surface area contributed by atoms with Crippen LogP contribution in [0.25, 0.3) is 0 Å². The van der Waals surface area contributed by atoms with Gasteiger partial charge in [0.25, 0.3) is 0 Å². The van der Waals surface area contributed by atoms with E-state index in [2.05, 4.69) is 9.97 Å². The van der Waals surface area contributed by atoms with Gasteiger partial charge in [0.05, 0.1) is 25.2 Å². The normalized spacial score (nSPS) is 23.9. The smallest absolute Gasteiger partial charge is 0.225 e. The third-order valence-corrected chi connectivity index (χ3v) is 5.31.